The number of benzene rings is 1. The van der Waals surface area contributed by atoms with Crippen molar-refractivity contribution >= 4 is 5.82 Å². The quantitative estimate of drug-likeness (QED) is 0.670. The van der Waals surface area contributed by atoms with Gasteiger partial charge >= 0.3 is 0 Å². The van der Waals surface area contributed by atoms with Gasteiger partial charge in [0.2, 0.25) is 0 Å². The molecule has 7 heteroatoms. The maximum absolute atomic E-state index is 10.6. The van der Waals surface area contributed by atoms with Crippen molar-refractivity contribution in [3.05, 3.63) is 48.5 Å². The predicted molar refractivity (Wildman–Crippen MR) is 122 cm³/mol. The lowest BCUT2D eigenvalue weighted by Crippen LogP contribution is -2.58. The molecule has 3 atom stereocenters. The number of aromatic nitrogens is 4. The number of phenolic OH excluding ortho intramolecular Hbond substituents is 1. The Balaban J connectivity index is 1.35. The topological polar surface area (TPSA) is 79.1 Å². The standard InChI is InChI=1S/C24H30N6O/c1-16-14-30(15-25-16)17-5-6-19(21(31)11-17)20-7-8-22(27-26-20)29(4)18-12-23(2)9-10-24(3,13-18)28-23/h5-8,11,14-15,18,28,31H,9-10,12-13H2,1-4H3/t18?,23-,24+. The molecule has 0 spiro atoms. The summed E-state index contributed by atoms with van der Waals surface area (Å²) in [5.74, 6) is 1.04. The second-order valence-corrected chi connectivity index (χ2v) is 9.82. The number of rotatable bonds is 4. The van der Waals surface area contributed by atoms with E-state index >= 15 is 0 Å². The van der Waals surface area contributed by atoms with Crippen molar-refractivity contribution in [2.45, 2.75) is 63.6 Å². The second-order valence-electron chi connectivity index (χ2n) is 9.82. The summed E-state index contributed by atoms with van der Waals surface area (Å²) in [5, 5.41) is 23.4. The van der Waals surface area contributed by atoms with E-state index in [1.165, 1.54) is 12.8 Å². The minimum absolute atomic E-state index is 0.176. The van der Waals surface area contributed by atoms with Crippen LogP contribution in [0.2, 0.25) is 0 Å². The first kappa shape index (κ1) is 20.0. The largest absolute Gasteiger partial charge is 0.507 e. The van der Waals surface area contributed by atoms with Crippen LogP contribution in [0.5, 0.6) is 5.75 Å². The molecule has 2 bridgehead atoms. The molecule has 2 saturated heterocycles. The van der Waals surface area contributed by atoms with E-state index in [-0.39, 0.29) is 16.8 Å². The van der Waals surface area contributed by atoms with Crippen LogP contribution in [-0.4, -0.2) is 49.0 Å². The van der Waals surface area contributed by atoms with Crippen LogP contribution >= 0.6 is 0 Å². The van der Waals surface area contributed by atoms with Gasteiger partial charge in [0.25, 0.3) is 0 Å². The van der Waals surface area contributed by atoms with Gasteiger partial charge in [0.05, 0.1) is 23.4 Å². The van der Waals surface area contributed by atoms with Crippen LogP contribution in [0.25, 0.3) is 16.9 Å². The first-order valence-corrected chi connectivity index (χ1v) is 10.9. The normalized spacial score (nSPS) is 27.4. The van der Waals surface area contributed by atoms with Crippen molar-refractivity contribution < 1.29 is 5.11 Å². The predicted octanol–water partition coefficient (Wildman–Crippen LogP) is 3.84. The summed E-state index contributed by atoms with van der Waals surface area (Å²) in [4.78, 5) is 6.51. The second kappa shape index (κ2) is 7.05. The highest BCUT2D eigenvalue weighted by atomic mass is 16.3. The Kier molecular flexibility index (Phi) is 4.55. The molecule has 4 heterocycles. The maximum atomic E-state index is 10.6. The van der Waals surface area contributed by atoms with E-state index in [0.717, 1.165) is 30.0 Å². The third-order valence-corrected chi connectivity index (χ3v) is 7.03. The van der Waals surface area contributed by atoms with E-state index in [0.29, 0.717) is 17.3 Å². The lowest BCUT2D eigenvalue weighted by Gasteiger charge is -2.45. The number of hydrogen-bond acceptors (Lipinski definition) is 6. The van der Waals surface area contributed by atoms with Crippen molar-refractivity contribution in [2.75, 3.05) is 11.9 Å². The molecule has 0 saturated carbocycles. The van der Waals surface area contributed by atoms with Crippen LogP contribution in [0.1, 0.15) is 45.2 Å². The van der Waals surface area contributed by atoms with Gasteiger partial charge in [-0.25, -0.2) is 4.98 Å². The van der Waals surface area contributed by atoms with Crippen LogP contribution in [0.4, 0.5) is 5.82 Å². The molecule has 2 aliphatic rings. The third-order valence-electron chi connectivity index (χ3n) is 7.03. The van der Waals surface area contributed by atoms with Gasteiger partial charge in [-0.15, -0.1) is 10.2 Å². The van der Waals surface area contributed by atoms with E-state index in [1.54, 1.807) is 12.4 Å². The van der Waals surface area contributed by atoms with Crippen LogP contribution < -0.4 is 10.2 Å². The molecule has 7 nitrogen and oxygen atoms in total. The first-order valence-electron chi connectivity index (χ1n) is 10.9. The Bertz CT molecular complexity index is 1090. The molecule has 0 aliphatic carbocycles. The molecule has 31 heavy (non-hydrogen) atoms. The number of aromatic hydroxyl groups is 1. The highest BCUT2D eigenvalue weighted by Crippen LogP contribution is 2.43. The summed E-state index contributed by atoms with van der Waals surface area (Å²) >= 11 is 0. The average molecular weight is 419 g/mol. The molecule has 2 N–H and O–H groups in total. The zero-order valence-corrected chi connectivity index (χ0v) is 18.6. The molecule has 1 unspecified atom stereocenters. The number of piperidine rings is 1. The monoisotopic (exact) mass is 418 g/mol. The molecule has 0 amide bonds. The zero-order valence-electron chi connectivity index (χ0n) is 18.6. The SMILES string of the molecule is Cc1cn(-c2ccc(-c3ccc(N(C)C4C[C@]5(C)CC[C@](C)(C4)N5)nn3)c(O)c2)cn1. The zero-order chi connectivity index (χ0) is 21.8. The number of nitrogens with zero attached hydrogens (tertiary/aromatic N) is 5. The number of phenols is 1. The van der Waals surface area contributed by atoms with E-state index in [4.69, 9.17) is 0 Å². The third kappa shape index (κ3) is 3.67. The van der Waals surface area contributed by atoms with Crippen LogP contribution in [0, 0.1) is 6.92 Å². The van der Waals surface area contributed by atoms with Crippen LogP contribution in [0.3, 0.4) is 0 Å². The summed E-state index contributed by atoms with van der Waals surface area (Å²) in [7, 11) is 2.12. The summed E-state index contributed by atoms with van der Waals surface area (Å²) < 4.78 is 1.88. The lowest BCUT2D eigenvalue weighted by molar-refractivity contribution is 0.207. The summed E-state index contributed by atoms with van der Waals surface area (Å²) in [6.45, 7) is 6.61. The van der Waals surface area contributed by atoms with Crippen molar-refractivity contribution in [3.63, 3.8) is 0 Å². The Labute approximate surface area is 183 Å². The Hall–Kier alpha value is -2.93. The number of nitrogens with one attached hydrogen (secondary N) is 1. The molecular formula is C24H30N6O. The van der Waals surface area contributed by atoms with Gasteiger partial charge in [-0.2, -0.15) is 0 Å². The van der Waals surface area contributed by atoms with Crippen molar-refractivity contribution in [3.8, 4) is 22.7 Å². The van der Waals surface area contributed by atoms with E-state index in [2.05, 4.69) is 46.3 Å². The number of anilines is 1. The Morgan fingerprint density at radius 3 is 2.42 bits per heavy atom. The molecule has 0 radical (unpaired) electrons. The summed E-state index contributed by atoms with van der Waals surface area (Å²) in [5.41, 5.74) is 3.53. The van der Waals surface area contributed by atoms with Gasteiger partial charge < -0.3 is 19.9 Å². The summed E-state index contributed by atoms with van der Waals surface area (Å²) in [6.07, 6.45) is 8.34. The van der Waals surface area contributed by atoms with Gasteiger partial charge in [0.15, 0.2) is 5.82 Å². The summed E-state index contributed by atoms with van der Waals surface area (Å²) in [6, 6.07) is 9.93. The van der Waals surface area contributed by atoms with Gasteiger partial charge in [-0.3, -0.25) is 0 Å². The molecule has 1 aromatic carbocycles. The van der Waals surface area contributed by atoms with E-state index in [9.17, 15) is 5.11 Å². The fourth-order valence-corrected chi connectivity index (χ4v) is 5.40. The van der Waals surface area contributed by atoms with Crippen LogP contribution in [-0.2, 0) is 0 Å². The van der Waals surface area contributed by atoms with Crippen molar-refractivity contribution in [2.24, 2.45) is 0 Å². The fraction of sp³-hybridized carbons (Fsp3) is 0.458. The smallest absolute Gasteiger partial charge is 0.151 e. The average Bonchev–Trinajstić information content (AvgIpc) is 3.27. The highest BCUT2D eigenvalue weighted by Gasteiger charge is 2.49. The fourth-order valence-electron chi connectivity index (χ4n) is 5.40. The highest BCUT2D eigenvalue weighted by molar-refractivity contribution is 5.69. The maximum Gasteiger partial charge on any atom is 0.151 e. The number of hydrogen-bond donors (Lipinski definition) is 2. The molecule has 2 aliphatic heterocycles. The lowest BCUT2D eigenvalue weighted by atomic mass is 9.84. The number of imidazole rings is 1. The van der Waals surface area contributed by atoms with Gasteiger partial charge in [0, 0.05) is 42.0 Å². The molecular weight excluding hydrogens is 388 g/mol. The Morgan fingerprint density at radius 2 is 1.84 bits per heavy atom. The van der Waals surface area contributed by atoms with Gasteiger partial charge in [0.1, 0.15) is 5.75 Å². The number of aryl methyl sites for hydroxylation is 1. The van der Waals surface area contributed by atoms with Gasteiger partial charge in [-0.05, 0) is 70.7 Å². The first-order chi connectivity index (χ1) is 14.7. The minimum Gasteiger partial charge on any atom is -0.507 e. The van der Waals surface area contributed by atoms with E-state index < -0.39 is 0 Å². The molecule has 162 valence electrons. The van der Waals surface area contributed by atoms with Crippen LogP contribution in [0.15, 0.2) is 42.9 Å². The van der Waals surface area contributed by atoms with Crippen molar-refractivity contribution in [1.29, 1.82) is 0 Å². The Morgan fingerprint density at radius 1 is 1.10 bits per heavy atom. The molecule has 2 aromatic heterocycles. The molecule has 5 rings (SSSR count). The van der Waals surface area contributed by atoms with E-state index in [1.807, 2.05) is 42.0 Å². The minimum atomic E-state index is 0.176. The van der Waals surface area contributed by atoms with Crippen molar-refractivity contribution in [1.82, 2.24) is 25.1 Å². The van der Waals surface area contributed by atoms with Gasteiger partial charge in [-0.1, -0.05) is 0 Å². The molecule has 3 aromatic rings. The number of fused-ring (bicyclic) bond motifs is 2. The molecule has 2 fully saturated rings.